The van der Waals surface area contributed by atoms with Crippen molar-refractivity contribution < 1.29 is 24.5 Å². The lowest BCUT2D eigenvalue weighted by molar-refractivity contribution is -0.157. The molecule has 1 aliphatic rings. The average Bonchev–Trinajstić information content (AvgIpc) is 3.21. The van der Waals surface area contributed by atoms with Crippen LogP contribution in [-0.4, -0.2) is 61.2 Å². The zero-order valence-corrected chi connectivity index (χ0v) is 15.4. The maximum Gasteiger partial charge on any atom is 0.323 e. The van der Waals surface area contributed by atoms with Gasteiger partial charge in [-0.1, -0.05) is 13.8 Å². The van der Waals surface area contributed by atoms with Gasteiger partial charge in [-0.25, -0.2) is 9.50 Å². The van der Waals surface area contributed by atoms with Crippen LogP contribution in [0.3, 0.4) is 0 Å². The molecule has 2 aromatic rings. The summed E-state index contributed by atoms with van der Waals surface area (Å²) in [5.74, 6) is -0.681. The quantitative estimate of drug-likeness (QED) is 0.457. The number of esters is 1. The van der Waals surface area contributed by atoms with E-state index in [1.165, 1.54) is 10.8 Å². The molecule has 6 N–H and O–H groups in total. The number of ether oxygens (including phenoxy) is 2. The molecule has 150 valence electrons. The number of aliphatic hydroxyl groups is 2. The van der Waals surface area contributed by atoms with Crippen LogP contribution in [0.1, 0.15) is 25.6 Å². The van der Waals surface area contributed by atoms with E-state index < -0.39 is 42.5 Å². The summed E-state index contributed by atoms with van der Waals surface area (Å²) in [5, 5.41) is 34.7. The average molecular weight is 390 g/mol. The molecule has 0 radical (unpaired) electrons. The Morgan fingerprint density at radius 1 is 1.50 bits per heavy atom. The molecule has 0 aliphatic carbocycles. The fraction of sp³-hybridized carbons (Fsp3) is 0.529. The van der Waals surface area contributed by atoms with E-state index in [-0.39, 0.29) is 11.7 Å². The third-order valence-corrected chi connectivity index (χ3v) is 4.86. The fourth-order valence-corrected chi connectivity index (χ4v) is 3.02. The molecule has 2 aromatic heterocycles. The molecule has 1 aliphatic heterocycles. The lowest BCUT2D eigenvalue weighted by Gasteiger charge is -2.25. The zero-order valence-electron chi connectivity index (χ0n) is 15.4. The highest BCUT2D eigenvalue weighted by Gasteiger charge is 2.57. The number of aliphatic hydroxyl groups excluding tert-OH is 2. The topological polar surface area (TPSA) is 182 Å². The van der Waals surface area contributed by atoms with E-state index >= 15 is 0 Å². The Labute approximate surface area is 160 Å². The van der Waals surface area contributed by atoms with Crippen molar-refractivity contribution >= 4 is 17.3 Å². The number of carbonyl (C=O) groups is 1. The summed E-state index contributed by atoms with van der Waals surface area (Å²) in [6.45, 7) is 2.91. The molecule has 11 nitrogen and oxygen atoms in total. The Hall–Kier alpha value is -2.78. The molecule has 0 amide bonds. The van der Waals surface area contributed by atoms with E-state index in [2.05, 4.69) is 10.1 Å². The molecule has 1 unspecified atom stereocenters. The number of aromatic nitrogens is 3. The Morgan fingerprint density at radius 3 is 2.86 bits per heavy atom. The molecule has 0 bridgehead atoms. The van der Waals surface area contributed by atoms with Gasteiger partial charge in [0, 0.05) is 0 Å². The van der Waals surface area contributed by atoms with E-state index in [4.69, 9.17) is 20.9 Å². The maximum atomic E-state index is 12.0. The second-order valence-electron chi connectivity index (χ2n) is 7.05. The van der Waals surface area contributed by atoms with Crippen LogP contribution < -0.4 is 11.5 Å². The van der Waals surface area contributed by atoms with Gasteiger partial charge in [0.25, 0.3) is 0 Å². The molecular weight excluding hydrogens is 368 g/mol. The molecule has 1 saturated heterocycles. The molecule has 0 spiro atoms. The number of hydrogen-bond acceptors (Lipinski definition) is 10. The molecule has 3 heterocycles. The van der Waals surface area contributed by atoms with Crippen LogP contribution in [-0.2, 0) is 14.3 Å². The molecule has 3 rings (SSSR count). The van der Waals surface area contributed by atoms with Crippen molar-refractivity contribution in [1.29, 1.82) is 5.26 Å². The SMILES string of the molecule is CC(C)C(N)C(=O)OC[C@@]1(C#N)O[C@@H](c2ccc3c(N)ncnn23)[C@H](O)[C@@H]1O. The summed E-state index contributed by atoms with van der Waals surface area (Å²) in [7, 11) is 0. The van der Waals surface area contributed by atoms with Crippen molar-refractivity contribution in [2.45, 2.75) is 43.8 Å². The third-order valence-electron chi connectivity index (χ3n) is 4.86. The van der Waals surface area contributed by atoms with Gasteiger partial charge < -0.3 is 31.2 Å². The number of nitrogens with two attached hydrogens (primary N) is 2. The first-order valence-corrected chi connectivity index (χ1v) is 8.67. The highest BCUT2D eigenvalue weighted by atomic mass is 16.6. The second-order valence-corrected chi connectivity index (χ2v) is 7.05. The number of nitrogen functional groups attached to an aromatic ring is 1. The lowest BCUT2D eigenvalue weighted by Crippen LogP contribution is -2.48. The Balaban J connectivity index is 1.86. The molecule has 1 fully saturated rings. The first-order chi connectivity index (χ1) is 13.2. The summed E-state index contributed by atoms with van der Waals surface area (Å²) in [6, 6.07) is 4.15. The van der Waals surface area contributed by atoms with Crippen LogP contribution in [0.2, 0.25) is 0 Å². The summed E-state index contributed by atoms with van der Waals surface area (Å²) in [4.78, 5) is 15.9. The van der Waals surface area contributed by atoms with E-state index in [1.54, 1.807) is 26.0 Å². The largest absolute Gasteiger partial charge is 0.460 e. The van der Waals surface area contributed by atoms with Gasteiger partial charge in [-0.2, -0.15) is 10.4 Å². The van der Waals surface area contributed by atoms with Gasteiger partial charge in [-0.3, -0.25) is 4.79 Å². The van der Waals surface area contributed by atoms with Gasteiger partial charge in [-0.05, 0) is 18.1 Å². The second kappa shape index (κ2) is 7.33. The van der Waals surface area contributed by atoms with Gasteiger partial charge in [-0.15, -0.1) is 0 Å². The van der Waals surface area contributed by atoms with Gasteiger partial charge in [0.1, 0.15) is 48.9 Å². The monoisotopic (exact) mass is 390 g/mol. The number of anilines is 1. The maximum absolute atomic E-state index is 12.0. The van der Waals surface area contributed by atoms with E-state index in [9.17, 15) is 20.3 Å². The molecular formula is C17H22N6O5. The third kappa shape index (κ3) is 3.16. The normalized spacial score (nSPS) is 28.4. The molecule has 28 heavy (non-hydrogen) atoms. The number of fused-ring (bicyclic) bond motifs is 1. The molecule has 0 aromatic carbocycles. The predicted molar refractivity (Wildman–Crippen MR) is 95.4 cm³/mol. The van der Waals surface area contributed by atoms with Crippen LogP contribution in [0.25, 0.3) is 5.52 Å². The minimum Gasteiger partial charge on any atom is -0.460 e. The lowest BCUT2D eigenvalue weighted by atomic mass is 9.96. The molecule has 5 atom stereocenters. The zero-order chi connectivity index (χ0) is 20.6. The summed E-state index contributed by atoms with van der Waals surface area (Å²) < 4.78 is 12.2. The van der Waals surface area contributed by atoms with E-state index in [0.717, 1.165) is 0 Å². The minimum atomic E-state index is -1.96. The summed E-state index contributed by atoms with van der Waals surface area (Å²) >= 11 is 0. The molecule has 11 heteroatoms. The smallest absolute Gasteiger partial charge is 0.323 e. The van der Waals surface area contributed by atoms with Crippen molar-refractivity contribution in [1.82, 2.24) is 14.6 Å². The van der Waals surface area contributed by atoms with Crippen LogP contribution in [0.5, 0.6) is 0 Å². The minimum absolute atomic E-state index is 0.171. The number of nitriles is 1. The highest BCUT2D eigenvalue weighted by Crippen LogP contribution is 2.40. The van der Waals surface area contributed by atoms with Crippen LogP contribution in [0, 0.1) is 17.2 Å². The van der Waals surface area contributed by atoms with Crippen molar-refractivity contribution in [2.24, 2.45) is 11.7 Å². The Bertz CT molecular complexity index is 924. The van der Waals surface area contributed by atoms with Gasteiger partial charge in [0.15, 0.2) is 5.82 Å². The predicted octanol–water partition coefficient (Wildman–Crippen LogP) is -1.11. The first-order valence-electron chi connectivity index (χ1n) is 8.67. The van der Waals surface area contributed by atoms with Crippen molar-refractivity contribution in [2.75, 3.05) is 12.3 Å². The number of rotatable bonds is 5. The first kappa shape index (κ1) is 20.0. The van der Waals surface area contributed by atoms with Crippen molar-refractivity contribution in [3.05, 3.63) is 24.2 Å². The highest BCUT2D eigenvalue weighted by molar-refractivity contribution is 5.75. The van der Waals surface area contributed by atoms with E-state index in [1.807, 2.05) is 6.07 Å². The molecule has 0 saturated carbocycles. The van der Waals surface area contributed by atoms with Crippen molar-refractivity contribution in [3.63, 3.8) is 0 Å². The number of hydrogen-bond donors (Lipinski definition) is 4. The van der Waals surface area contributed by atoms with Gasteiger partial charge >= 0.3 is 5.97 Å². The Kier molecular flexibility index (Phi) is 5.22. The number of carbonyl (C=O) groups excluding carboxylic acids is 1. The van der Waals surface area contributed by atoms with Crippen molar-refractivity contribution in [3.8, 4) is 6.07 Å². The van der Waals surface area contributed by atoms with Gasteiger partial charge in [0.2, 0.25) is 5.60 Å². The summed E-state index contributed by atoms with van der Waals surface area (Å²) in [6.07, 6.45) is -2.97. The standard InChI is InChI=1S/C17H22N6O5/c1-8(2)11(19)16(26)27-6-17(5-18)14(25)12(24)13(28-17)9-3-4-10-15(20)21-7-22-23(9)10/h3-4,7-8,11-14,24-25H,6,19H2,1-2H3,(H2,20,21,22)/t11?,12-,13-,14-,17+/m0/s1. The van der Waals surface area contributed by atoms with Crippen LogP contribution in [0.15, 0.2) is 18.5 Å². The van der Waals surface area contributed by atoms with E-state index in [0.29, 0.717) is 11.2 Å². The fourth-order valence-electron chi connectivity index (χ4n) is 3.02. The van der Waals surface area contributed by atoms with Crippen LogP contribution >= 0.6 is 0 Å². The Morgan fingerprint density at radius 2 is 2.21 bits per heavy atom. The summed E-state index contributed by atoms with van der Waals surface area (Å²) in [5.41, 5.74) is 10.4. The number of nitrogens with zero attached hydrogens (tertiary/aromatic N) is 4. The van der Waals surface area contributed by atoms with Gasteiger partial charge in [0.05, 0.1) is 5.69 Å². The van der Waals surface area contributed by atoms with Crippen LogP contribution in [0.4, 0.5) is 5.82 Å².